The third kappa shape index (κ3) is 3.79. The van der Waals surface area contributed by atoms with Crippen LogP contribution >= 0.6 is 0 Å². The molecule has 6 heteroatoms. The Hall–Kier alpha value is -1.42. The van der Waals surface area contributed by atoms with Crippen LogP contribution < -0.4 is 4.72 Å². The number of rotatable bonds is 5. The summed E-state index contributed by atoms with van der Waals surface area (Å²) in [4.78, 5) is 0. The molecule has 1 aromatic rings. The molecule has 0 radical (unpaired) electrons. The Morgan fingerprint density at radius 1 is 1.50 bits per heavy atom. The van der Waals surface area contributed by atoms with E-state index in [4.69, 9.17) is 10.00 Å². The summed E-state index contributed by atoms with van der Waals surface area (Å²) in [6.45, 7) is 3.14. The Labute approximate surface area is 119 Å². The van der Waals surface area contributed by atoms with Gasteiger partial charge < -0.3 is 4.74 Å². The van der Waals surface area contributed by atoms with E-state index in [1.807, 2.05) is 13.0 Å². The molecule has 0 aliphatic carbocycles. The number of hydrogen-bond acceptors (Lipinski definition) is 4. The van der Waals surface area contributed by atoms with Gasteiger partial charge in [-0.1, -0.05) is 18.2 Å². The largest absolute Gasteiger partial charge is 0.381 e. The average Bonchev–Trinajstić information content (AvgIpc) is 2.92. The van der Waals surface area contributed by atoms with Crippen molar-refractivity contribution in [3.63, 3.8) is 0 Å². The number of nitrogens with zero attached hydrogens (tertiary/aromatic N) is 1. The van der Waals surface area contributed by atoms with Crippen molar-refractivity contribution in [1.29, 1.82) is 5.26 Å². The van der Waals surface area contributed by atoms with Crippen LogP contribution in [0.4, 0.5) is 0 Å². The van der Waals surface area contributed by atoms with Gasteiger partial charge in [0.2, 0.25) is 10.0 Å². The lowest BCUT2D eigenvalue weighted by atomic mass is 10.0. The van der Waals surface area contributed by atoms with Crippen molar-refractivity contribution in [3.05, 3.63) is 35.4 Å². The standard InChI is InChI=1S/C14H18N2O3S/c1-11(13-6-7-19-9-13)16-20(17,18)10-14-5-3-2-4-12(14)8-15/h2-5,11,13,16H,6-7,9-10H2,1H3. The van der Waals surface area contributed by atoms with E-state index in [9.17, 15) is 8.42 Å². The molecular weight excluding hydrogens is 276 g/mol. The van der Waals surface area contributed by atoms with E-state index in [2.05, 4.69) is 4.72 Å². The maximum atomic E-state index is 12.2. The number of nitriles is 1. The van der Waals surface area contributed by atoms with Crippen LogP contribution in [0.25, 0.3) is 0 Å². The van der Waals surface area contributed by atoms with Gasteiger partial charge in [-0.3, -0.25) is 0 Å². The van der Waals surface area contributed by atoms with Crippen LogP contribution in [-0.4, -0.2) is 27.7 Å². The van der Waals surface area contributed by atoms with Crippen molar-refractivity contribution in [2.24, 2.45) is 5.92 Å². The summed E-state index contributed by atoms with van der Waals surface area (Å²) < 4.78 is 32.3. The quantitative estimate of drug-likeness (QED) is 0.890. The minimum Gasteiger partial charge on any atom is -0.381 e. The Morgan fingerprint density at radius 3 is 2.90 bits per heavy atom. The Morgan fingerprint density at radius 2 is 2.25 bits per heavy atom. The van der Waals surface area contributed by atoms with Crippen molar-refractivity contribution in [3.8, 4) is 6.07 Å². The van der Waals surface area contributed by atoms with E-state index in [1.165, 1.54) is 0 Å². The smallest absolute Gasteiger partial charge is 0.216 e. The number of ether oxygens (including phenoxy) is 1. The topological polar surface area (TPSA) is 79.2 Å². The predicted molar refractivity (Wildman–Crippen MR) is 75.3 cm³/mol. The van der Waals surface area contributed by atoms with Gasteiger partial charge in [-0.25, -0.2) is 13.1 Å². The first kappa shape index (κ1) is 15.0. The fraction of sp³-hybridized carbons (Fsp3) is 0.500. The van der Waals surface area contributed by atoms with Crippen LogP contribution in [0.3, 0.4) is 0 Å². The molecule has 0 bridgehead atoms. The lowest BCUT2D eigenvalue weighted by Gasteiger charge is -2.19. The van der Waals surface area contributed by atoms with E-state index < -0.39 is 10.0 Å². The van der Waals surface area contributed by atoms with Crippen molar-refractivity contribution >= 4 is 10.0 Å². The zero-order valence-electron chi connectivity index (χ0n) is 11.4. The minimum atomic E-state index is -3.46. The summed E-state index contributed by atoms with van der Waals surface area (Å²) in [5, 5.41) is 8.99. The van der Waals surface area contributed by atoms with Crippen LogP contribution in [-0.2, 0) is 20.5 Å². The van der Waals surface area contributed by atoms with Gasteiger partial charge in [-0.2, -0.15) is 5.26 Å². The van der Waals surface area contributed by atoms with E-state index in [1.54, 1.807) is 24.3 Å². The molecule has 2 rings (SSSR count). The molecule has 1 saturated heterocycles. The molecule has 0 spiro atoms. The summed E-state index contributed by atoms with van der Waals surface area (Å²) in [5.41, 5.74) is 0.923. The van der Waals surface area contributed by atoms with Crippen LogP contribution in [0, 0.1) is 17.2 Å². The van der Waals surface area contributed by atoms with Gasteiger partial charge in [0.15, 0.2) is 0 Å². The minimum absolute atomic E-state index is 0.156. The summed E-state index contributed by atoms with van der Waals surface area (Å²) in [6.07, 6.45) is 0.873. The van der Waals surface area contributed by atoms with Crippen LogP contribution in [0.2, 0.25) is 0 Å². The zero-order chi connectivity index (χ0) is 14.6. The Bertz CT molecular complexity index is 601. The van der Waals surface area contributed by atoms with E-state index in [0.717, 1.165) is 6.42 Å². The molecule has 1 aliphatic rings. The van der Waals surface area contributed by atoms with Crippen LogP contribution in [0.5, 0.6) is 0 Å². The van der Waals surface area contributed by atoms with Gasteiger partial charge in [0.05, 0.1) is 24.0 Å². The second-order valence-electron chi connectivity index (χ2n) is 5.06. The maximum absolute atomic E-state index is 12.2. The van der Waals surface area contributed by atoms with Crippen LogP contribution in [0.1, 0.15) is 24.5 Å². The Kier molecular flexibility index (Phi) is 4.76. The molecule has 5 nitrogen and oxygen atoms in total. The van der Waals surface area contributed by atoms with Crippen molar-refractivity contribution in [2.75, 3.05) is 13.2 Å². The van der Waals surface area contributed by atoms with E-state index >= 15 is 0 Å². The fourth-order valence-corrected chi connectivity index (χ4v) is 3.83. The molecule has 0 saturated carbocycles. The second kappa shape index (κ2) is 6.35. The first-order valence-corrected chi connectivity index (χ1v) is 8.23. The molecule has 1 heterocycles. The lowest BCUT2D eigenvalue weighted by molar-refractivity contribution is 0.180. The number of sulfonamides is 1. The van der Waals surface area contributed by atoms with E-state index in [-0.39, 0.29) is 17.7 Å². The van der Waals surface area contributed by atoms with Gasteiger partial charge in [-0.15, -0.1) is 0 Å². The first-order chi connectivity index (χ1) is 9.52. The lowest BCUT2D eigenvalue weighted by Crippen LogP contribution is -2.39. The third-order valence-corrected chi connectivity index (χ3v) is 4.94. The molecule has 1 aliphatic heterocycles. The highest BCUT2D eigenvalue weighted by Gasteiger charge is 2.26. The molecule has 2 atom stereocenters. The number of hydrogen-bond donors (Lipinski definition) is 1. The molecule has 108 valence electrons. The first-order valence-electron chi connectivity index (χ1n) is 6.57. The average molecular weight is 294 g/mol. The highest BCUT2D eigenvalue weighted by molar-refractivity contribution is 7.88. The van der Waals surface area contributed by atoms with Crippen molar-refractivity contribution < 1.29 is 13.2 Å². The summed E-state index contributed by atoms with van der Waals surface area (Å²) in [6, 6.07) is 8.61. The molecule has 0 aromatic heterocycles. The SMILES string of the molecule is CC(NS(=O)(=O)Cc1ccccc1C#N)C1CCOC1. The molecular formula is C14H18N2O3S. The third-order valence-electron chi connectivity index (χ3n) is 3.52. The van der Waals surface area contributed by atoms with E-state index in [0.29, 0.717) is 24.3 Å². The highest BCUT2D eigenvalue weighted by atomic mass is 32.2. The normalized spacial score (nSPS) is 20.5. The monoisotopic (exact) mass is 294 g/mol. The molecule has 1 aromatic carbocycles. The van der Waals surface area contributed by atoms with Gasteiger partial charge in [-0.05, 0) is 25.0 Å². The second-order valence-corrected chi connectivity index (χ2v) is 6.81. The van der Waals surface area contributed by atoms with Crippen LogP contribution in [0.15, 0.2) is 24.3 Å². The molecule has 20 heavy (non-hydrogen) atoms. The fourth-order valence-electron chi connectivity index (χ4n) is 2.33. The van der Waals surface area contributed by atoms with Crippen molar-refractivity contribution in [1.82, 2.24) is 4.72 Å². The van der Waals surface area contributed by atoms with Gasteiger partial charge in [0, 0.05) is 18.6 Å². The highest BCUT2D eigenvalue weighted by Crippen LogP contribution is 2.18. The molecule has 0 amide bonds. The van der Waals surface area contributed by atoms with Gasteiger partial charge in [0.25, 0.3) is 0 Å². The number of benzene rings is 1. The predicted octanol–water partition coefficient (Wildman–Crippen LogP) is 1.40. The Balaban J connectivity index is 2.05. The van der Waals surface area contributed by atoms with Crippen molar-refractivity contribution in [2.45, 2.75) is 25.1 Å². The van der Waals surface area contributed by atoms with Gasteiger partial charge >= 0.3 is 0 Å². The number of nitrogens with one attached hydrogen (secondary N) is 1. The summed E-state index contributed by atoms with van der Waals surface area (Å²) in [7, 11) is -3.46. The summed E-state index contributed by atoms with van der Waals surface area (Å²) >= 11 is 0. The van der Waals surface area contributed by atoms with Gasteiger partial charge in [0.1, 0.15) is 0 Å². The molecule has 2 unspecified atom stereocenters. The zero-order valence-corrected chi connectivity index (χ0v) is 12.2. The molecule has 1 N–H and O–H groups in total. The summed E-state index contributed by atoms with van der Waals surface area (Å²) in [5.74, 6) is 0.0465. The molecule has 1 fully saturated rings. The maximum Gasteiger partial charge on any atom is 0.216 e.